The highest BCUT2D eigenvalue weighted by atomic mass is 32.2. The number of carbonyl (C=O) groups is 1. The zero-order valence-corrected chi connectivity index (χ0v) is 9.92. The van der Waals surface area contributed by atoms with E-state index in [1.54, 1.807) is 12.4 Å². The highest BCUT2D eigenvalue weighted by molar-refractivity contribution is 7.99. The number of hydrogen-bond acceptors (Lipinski definition) is 5. The molecule has 2 aromatic heterocycles. The summed E-state index contributed by atoms with van der Waals surface area (Å²) in [5.74, 6) is 0.280. The maximum absolute atomic E-state index is 11.5. The summed E-state index contributed by atoms with van der Waals surface area (Å²) in [5, 5.41) is 6.01. The van der Waals surface area contributed by atoms with Gasteiger partial charge in [0.15, 0.2) is 5.13 Å². The van der Waals surface area contributed by atoms with Gasteiger partial charge in [0.05, 0.1) is 10.8 Å². The number of nitrogens with one attached hydrogen (secondary N) is 1. The third-order valence-corrected chi connectivity index (χ3v) is 3.30. The van der Waals surface area contributed by atoms with Gasteiger partial charge >= 0.3 is 0 Å². The Labute approximate surface area is 101 Å². The number of pyridine rings is 1. The predicted octanol–water partition coefficient (Wildman–Crippen LogP) is 2.27. The zero-order chi connectivity index (χ0) is 11.2. The normalized spacial score (nSPS) is 10.0. The van der Waals surface area contributed by atoms with Gasteiger partial charge in [0.25, 0.3) is 0 Å². The molecule has 0 saturated heterocycles. The lowest BCUT2D eigenvalue weighted by atomic mass is 10.5. The molecule has 0 saturated carbocycles. The van der Waals surface area contributed by atoms with Gasteiger partial charge < -0.3 is 5.32 Å². The molecular weight excluding hydrogens is 242 g/mol. The number of thiazole rings is 1. The number of amides is 1. The van der Waals surface area contributed by atoms with Crippen LogP contribution in [0.3, 0.4) is 0 Å². The van der Waals surface area contributed by atoms with Crippen molar-refractivity contribution in [2.45, 2.75) is 5.03 Å². The van der Waals surface area contributed by atoms with E-state index in [-0.39, 0.29) is 5.91 Å². The Hall–Kier alpha value is -1.40. The number of aromatic nitrogens is 2. The van der Waals surface area contributed by atoms with Crippen molar-refractivity contribution < 1.29 is 4.79 Å². The first-order valence-electron chi connectivity index (χ1n) is 4.58. The molecule has 0 radical (unpaired) electrons. The van der Waals surface area contributed by atoms with Crippen molar-refractivity contribution >= 4 is 34.1 Å². The number of rotatable bonds is 4. The molecule has 0 spiro atoms. The number of thioether (sulfide) groups is 1. The van der Waals surface area contributed by atoms with Gasteiger partial charge in [0.2, 0.25) is 5.91 Å². The van der Waals surface area contributed by atoms with E-state index in [9.17, 15) is 4.79 Å². The van der Waals surface area contributed by atoms with Crippen LogP contribution in [0.4, 0.5) is 5.13 Å². The van der Waals surface area contributed by atoms with Crippen LogP contribution >= 0.6 is 23.1 Å². The minimum Gasteiger partial charge on any atom is -0.301 e. The highest BCUT2D eigenvalue weighted by Gasteiger charge is 2.05. The van der Waals surface area contributed by atoms with E-state index in [0.717, 1.165) is 5.03 Å². The average molecular weight is 251 g/mol. The molecule has 82 valence electrons. The summed E-state index contributed by atoms with van der Waals surface area (Å²) in [6, 6.07) is 5.62. The van der Waals surface area contributed by atoms with E-state index < -0.39 is 0 Å². The Balaban J connectivity index is 1.80. The second-order valence-corrected chi connectivity index (χ2v) is 4.73. The van der Waals surface area contributed by atoms with Crippen molar-refractivity contribution in [1.29, 1.82) is 0 Å². The Morgan fingerprint density at radius 1 is 1.38 bits per heavy atom. The lowest BCUT2D eigenvalue weighted by Gasteiger charge is -2.00. The van der Waals surface area contributed by atoms with E-state index in [2.05, 4.69) is 15.3 Å². The first-order valence-corrected chi connectivity index (χ1v) is 6.44. The maximum Gasteiger partial charge on any atom is 0.236 e. The smallest absolute Gasteiger partial charge is 0.236 e. The van der Waals surface area contributed by atoms with Gasteiger partial charge in [-0.1, -0.05) is 17.8 Å². The van der Waals surface area contributed by atoms with Gasteiger partial charge in [-0.25, -0.2) is 9.97 Å². The Morgan fingerprint density at radius 3 is 3.00 bits per heavy atom. The van der Waals surface area contributed by atoms with Crippen LogP contribution in [0, 0.1) is 0 Å². The summed E-state index contributed by atoms with van der Waals surface area (Å²) in [4.78, 5) is 19.6. The van der Waals surface area contributed by atoms with E-state index in [1.807, 2.05) is 23.6 Å². The number of hydrogen-bond donors (Lipinski definition) is 1. The van der Waals surface area contributed by atoms with Gasteiger partial charge in [-0.05, 0) is 12.1 Å². The second kappa shape index (κ2) is 5.62. The van der Waals surface area contributed by atoms with Gasteiger partial charge in [-0.3, -0.25) is 4.79 Å². The third kappa shape index (κ3) is 3.32. The topological polar surface area (TPSA) is 54.9 Å². The molecular formula is C10H9N3OS2. The average Bonchev–Trinajstić information content (AvgIpc) is 2.81. The fraction of sp³-hybridized carbons (Fsp3) is 0.100. The van der Waals surface area contributed by atoms with Crippen LogP contribution < -0.4 is 5.32 Å². The summed E-state index contributed by atoms with van der Waals surface area (Å²) in [5.41, 5.74) is 0. The lowest BCUT2D eigenvalue weighted by molar-refractivity contribution is -0.113. The largest absolute Gasteiger partial charge is 0.301 e. The van der Waals surface area contributed by atoms with Crippen LogP contribution in [0.2, 0.25) is 0 Å². The SMILES string of the molecule is O=C(CSc1ccccn1)Nc1nccs1. The van der Waals surface area contributed by atoms with Crippen molar-refractivity contribution in [3.05, 3.63) is 36.0 Å². The van der Waals surface area contributed by atoms with E-state index in [1.165, 1.54) is 23.1 Å². The number of carbonyl (C=O) groups excluding carboxylic acids is 1. The maximum atomic E-state index is 11.5. The molecule has 16 heavy (non-hydrogen) atoms. The second-order valence-electron chi connectivity index (χ2n) is 2.84. The van der Waals surface area contributed by atoms with Crippen LogP contribution in [0.5, 0.6) is 0 Å². The molecule has 2 aromatic rings. The van der Waals surface area contributed by atoms with Gasteiger partial charge in [-0.15, -0.1) is 11.3 Å². The molecule has 2 rings (SSSR count). The van der Waals surface area contributed by atoms with Crippen molar-refractivity contribution in [1.82, 2.24) is 9.97 Å². The fourth-order valence-electron chi connectivity index (χ4n) is 1.01. The van der Waals surface area contributed by atoms with Gasteiger partial charge in [0.1, 0.15) is 0 Å². The molecule has 0 aliphatic heterocycles. The van der Waals surface area contributed by atoms with Gasteiger partial charge in [0, 0.05) is 17.8 Å². The molecule has 4 nitrogen and oxygen atoms in total. The van der Waals surface area contributed by atoms with Crippen molar-refractivity contribution in [3.63, 3.8) is 0 Å². The summed E-state index contributed by atoms with van der Waals surface area (Å²) in [6.07, 6.45) is 3.37. The Kier molecular flexibility index (Phi) is 3.90. The van der Waals surface area contributed by atoms with E-state index in [4.69, 9.17) is 0 Å². The van der Waals surface area contributed by atoms with Crippen molar-refractivity contribution in [3.8, 4) is 0 Å². The first-order chi connectivity index (χ1) is 7.84. The summed E-state index contributed by atoms with van der Waals surface area (Å²) in [7, 11) is 0. The predicted molar refractivity (Wildman–Crippen MR) is 65.7 cm³/mol. The van der Waals surface area contributed by atoms with E-state index >= 15 is 0 Å². The van der Waals surface area contributed by atoms with Crippen molar-refractivity contribution in [2.75, 3.05) is 11.1 Å². The lowest BCUT2D eigenvalue weighted by Crippen LogP contribution is -2.13. The molecule has 6 heteroatoms. The third-order valence-electron chi connectivity index (χ3n) is 1.67. The minimum absolute atomic E-state index is 0.0643. The number of nitrogens with zero attached hydrogens (tertiary/aromatic N) is 2. The Bertz CT molecular complexity index is 444. The van der Waals surface area contributed by atoms with Gasteiger partial charge in [-0.2, -0.15) is 0 Å². The molecule has 1 N–H and O–H groups in total. The van der Waals surface area contributed by atoms with E-state index in [0.29, 0.717) is 10.9 Å². The first kappa shape index (κ1) is 11.1. The standard InChI is InChI=1S/C10H9N3OS2/c14-8(13-10-12-5-6-15-10)7-16-9-3-1-2-4-11-9/h1-6H,7H2,(H,12,13,14). The molecule has 0 unspecified atom stereocenters. The number of anilines is 1. The fourth-order valence-corrected chi connectivity index (χ4v) is 2.22. The molecule has 2 heterocycles. The van der Waals surface area contributed by atoms with Crippen molar-refractivity contribution in [2.24, 2.45) is 0 Å². The molecule has 0 aliphatic carbocycles. The summed E-state index contributed by atoms with van der Waals surface area (Å²) < 4.78 is 0. The Morgan fingerprint density at radius 2 is 2.31 bits per heavy atom. The summed E-state index contributed by atoms with van der Waals surface area (Å²) in [6.45, 7) is 0. The van der Waals surface area contributed by atoms with Crippen LogP contribution in [-0.2, 0) is 4.79 Å². The molecule has 1 amide bonds. The van der Waals surface area contributed by atoms with Crippen LogP contribution in [-0.4, -0.2) is 21.6 Å². The summed E-state index contributed by atoms with van der Waals surface area (Å²) >= 11 is 2.81. The molecule has 0 aliphatic rings. The zero-order valence-electron chi connectivity index (χ0n) is 8.29. The highest BCUT2D eigenvalue weighted by Crippen LogP contribution is 2.15. The minimum atomic E-state index is -0.0643. The monoisotopic (exact) mass is 251 g/mol. The molecule has 0 bridgehead atoms. The molecule has 0 atom stereocenters. The van der Waals surface area contributed by atoms with Crippen LogP contribution in [0.1, 0.15) is 0 Å². The quantitative estimate of drug-likeness (QED) is 0.847. The van der Waals surface area contributed by atoms with Crippen LogP contribution in [0.25, 0.3) is 0 Å². The molecule has 0 fully saturated rings. The molecule has 0 aromatic carbocycles. The van der Waals surface area contributed by atoms with Crippen LogP contribution in [0.15, 0.2) is 41.0 Å².